The predicted octanol–water partition coefficient (Wildman–Crippen LogP) is 2.37. The van der Waals surface area contributed by atoms with E-state index in [0.29, 0.717) is 17.9 Å². The van der Waals surface area contributed by atoms with Crippen LogP contribution in [0.4, 0.5) is 0 Å². The number of carbonyl (C=O) groups excluding carboxylic acids is 1. The lowest BCUT2D eigenvalue weighted by Gasteiger charge is -2.03. The highest BCUT2D eigenvalue weighted by molar-refractivity contribution is 5.73. The third-order valence-corrected chi connectivity index (χ3v) is 2.12. The van der Waals surface area contributed by atoms with E-state index in [4.69, 9.17) is 9.47 Å². The number of ether oxygens (including phenoxy) is 2. The first-order valence-electron chi connectivity index (χ1n) is 5.36. The summed E-state index contributed by atoms with van der Waals surface area (Å²) < 4.78 is 9.82. The van der Waals surface area contributed by atoms with E-state index in [9.17, 15) is 9.90 Å². The van der Waals surface area contributed by atoms with Gasteiger partial charge in [0.1, 0.15) is 11.5 Å². The fourth-order valence-electron chi connectivity index (χ4n) is 1.30. The minimum absolute atomic E-state index is 0.144. The Morgan fingerprint density at radius 1 is 1.47 bits per heavy atom. The Bertz CT molecular complexity index is 410. The molecule has 0 saturated heterocycles. The van der Waals surface area contributed by atoms with Crippen molar-refractivity contribution in [3.63, 3.8) is 0 Å². The minimum Gasteiger partial charge on any atom is -0.507 e. The molecule has 0 saturated carbocycles. The van der Waals surface area contributed by atoms with E-state index >= 15 is 0 Å². The number of hydrogen-bond donors (Lipinski definition) is 1. The van der Waals surface area contributed by atoms with Crippen LogP contribution >= 0.6 is 0 Å². The number of phenols is 1. The van der Waals surface area contributed by atoms with Gasteiger partial charge in [0.15, 0.2) is 0 Å². The van der Waals surface area contributed by atoms with E-state index in [1.165, 1.54) is 0 Å². The van der Waals surface area contributed by atoms with Crippen molar-refractivity contribution < 1.29 is 19.4 Å². The smallest absolute Gasteiger partial charge is 0.309 e. The summed E-state index contributed by atoms with van der Waals surface area (Å²) in [5, 5.41) is 9.58. The van der Waals surface area contributed by atoms with Gasteiger partial charge in [0.25, 0.3) is 0 Å². The zero-order valence-electron chi connectivity index (χ0n) is 9.97. The number of aromatic hydroxyl groups is 1. The standard InChI is InChI=1S/C13H16O4/c1-3-17-13(15)6-4-5-10-9-11(16-2)7-8-12(10)14/h4-5,7-9,14H,3,6H2,1-2H3. The maximum absolute atomic E-state index is 11.1. The van der Waals surface area contributed by atoms with Gasteiger partial charge in [0.05, 0.1) is 20.1 Å². The van der Waals surface area contributed by atoms with Crippen molar-refractivity contribution in [1.29, 1.82) is 0 Å². The lowest BCUT2D eigenvalue weighted by atomic mass is 10.1. The zero-order valence-corrected chi connectivity index (χ0v) is 9.97. The number of methoxy groups -OCH3 is 1. The summed E-state index contributed by atoms with van der Waals surface area (Å²) in [5.41, 5.74) is 0.605. The monoisotopic (exact) mass is 236 g/mol. The topological polar surface area (TPSA) is 55.8 Å². The molecule has 1 N–H and O–H groups in total. The van der Waals surface area contributed by atoms with Crippen LogP contribution in [0.5, 0.6) is 11.5 Å². The molecule has 1 aromatic rings. The van der Waals surface area contributed by atoms with Crippen molar-refractivity contribution in [2.75, 3.05) is 13.7 Å². The molecule has 0 fully saturated rings. The number of carbonyl (C=O) groups is 1. The van der Waals surface area contributed by atoms with Crippen LogP contribution in [0.15, 0.2) is 24.3 Å². The normalized spacial score (nSPS) is 10.5. The first kappa shape index (κ1) is 13.1. The molecule has 0 bridgehead atoms. The first-order valence-corrected chi connectivity index (χ1v) is 5.36. The largest absolute Gasteiger partial charge is 0.507 e. The first-order chi connectivity index (χ1) is 8.17. The second kappa shape index (κ2) is 6.58. The Hall–Kier alpha value is -1.97. The Labute approximate surface area is 100 Å². The lowest BCUT2D eigenvalue weighted by Crippen LogP contribution is -2.01. The van der Waals surface area contributed by atoms with E-state index in [2.05, 4.69) is 0 Å². The van der Waals surface area contributed by atoms with Gasteiger partial charge in [0.2, 0.25) is 0 Å². The maximum Gasteiger partial charge on any atom is 0.309 e. The Kier molecular flexibility index (Phi) is 5.07. The molecule has 92 valence electrons. The van der Waals surface area contributed by atoms with Crippen molar-refractivity contribution in [2.24, 2.45) is 0 Å². The molecule has 1 rings (SSSR count). The third kappa shape index (κ3) is 4.18. The summed E-state index contributed by atoms with van der Waals surface area (Å²) in [6.45, 7) is 2.13. The highest BCUT2D eigenvalue weighted by Crippen LogP contribution is 2.24. The van der Waals surface area contributed by atoms with Gasteiger partial charge in [-0.05, 0) is 25.1 Å². The van der Waals surface area contributed by atoms with Crippen LogP contribution in [-0.2, 0) is 9.53 Å². The van der Waals surface area contributed by atoms with Crippen molar-refractivity contribution >= 4 is 12.0 Å². The van der Waals surface area contributed by atoms with Gasteiger partial charge in [0, 0.05) is 5.56 Å². The molecule has 0 aliphatic carbocycles. The van der Waals surface area contributed by atoms with Crippen LogP contribution in [0.1, 0.15) is 18.9 Å². The Morgan fingerprint density at radius 3 is 2.88 bits per heavy atom. The predicted molar refractivity (Wildman–Crippen MR) is 64.9 cm³/mol. The highest BCUT2D eigenvalue weighted by atomic mass is 16.5. The summed E-state index contributed by atoms with van der Waals surface area (Å²) in [4.78, 5) is 11.1. The second-order valence-electron chi connectivity index (χ2n) is 3.34. The van der Waals surface area contributed by atoms with Crippen molar-refractivity contribution in [3.8, 4) is 11.5 Å². The SMILES string of the molecule is CCOC(=O)CC=Cc1cc(OC)ccc1O. The average Bonchev–Trinajstić information content (AvgIpc) is 2.32. The molecule has 0 aromatic heterocycles. The highest BCUT2D eigenvalue weighted by Gasteiger charge is 2.01. The fourth-order valence-corrected chi connectivity index (χ4v) is 1.30. The van der Waals surface area contributed by atoms with Gasteiger partial charge >= 0.3 is 5.97 Å². The molecule has 0 amide bonds. The molecule has 0 radical (unpaired) electrons. The van der Waals surface area contributed by atoms with Gasteiger partial charge in [-0.1, -0.05) is 12.2 Å². The van der Waals surface area contributed by atoms with Gasteiger partial charge < -0.3 is 14.6 Å². The molecule has 1 aromatic carbocycles. The van der Waals surface area contributed by atoms with Crippen molar-refractivity contribution in [1.82, 2.24) is 0 Å². The number of esters is 1. The van der Waals surface area contributed by atoms with E-state index < -0.39 is 0 Å². The van der Waals surface area contributed by atoms with Crippen LogP contribution < -0.4 is 4.74 Å². The summed E-state index contributed by atoms with van der Waals surface area (Å²) >= 11 is 0. The van der Waals surface area contributed by atoms with Crippen molar-refractivity contribution in [2.45, 2.75) is 13.3 Å². The molecule has 0 spiro atoms. The molecule has 0 heterocycles. The molecule has 4 nitrogen and oxygen atoms in total. The molecule has 0 aliphatic heterocycles. The molecule has 0 unspecified atom stereocenters. The second-order valence-corrected chi connectivity index (χ2v) is 3.34. The van der Waals surface area contributed by atoms with Gasteiger partial charge in [-0.25, -0.2) is 0 Å². The molecular formula is C13H16O4. The van der Waals surface area contributed by atoms with Crippen LogP contribution in [0.2, 0.25) is 0 Å². The minimum atomic E-state index is -0.286. The molecular weight excluding hydrogens is 220 g/mol. The summed E-state index contributed by atoms with van der Waals surface area (Å²) in [6, 6.07) is 4.90. The van der Waals surface area contributed by atoms with Gasteiger partial charge in [-0.15, -0.1) is 0 Å². The Balaban J connectivity index is 2.67. The maximum atomic E-state index is 11.1. The quantitative estimate of drug-likeness (QED) is 0.797. The van der Waals surface area contributed by atoms with Crippen LogP contribution in [0, 0.1) is 0 Å². The molecule has 4 heteroatoms. The van der Waals surface area contributed by atoms with Crippen LogP contribution in [-0.4, -0.2) is 24.8 Å². The number of benzene rings is 1. The molecule has 0 atom stereocenters. The third-order valence-electron chi connectivity index (χ3n) is 2.12. The van der Waals surface area contributed by atoms with Crippen LogP contribution in [0.3, 0.4) is 0 Å². The number of rotatable bonds is 5. The van der Waals surface area contributed by atoms with Gasteiger partial charge in [-0.3, -0.25) is 4.79 Å². The summed E-state index contributed by atoms with van der Waals surface area (Å²) in [5.74, 6) is 0.510. The summed E-state index contributed by atoms with van der Waals surface area (Å²) in [6.07, 6.45) is 3.49. The van der Waals surface area contributed by atoms with E-state index in [-0.39, 0.29) is 18.1 Å². The molecule has 17 heavy (non-hydrogen) atoms. The van der Waals surface area contributed by atoms with Crippen LogP contribution in [0.25, 0.3) is 6.08 Å². The lowest BCUT2D eigenvalue weighted by molar-refractivity contribution is -0.142. The van der Waals surface area contributed by atoms with Gasteiger partial charge in [-0.2, -0.15) is 0 Å². The number of phenolic OH excluding ortho intramolecular Hbond substituents is 1. The van der Waals surface area contributed by atoms with Crippen molar-refractivity contribution in [3.05, 3.63) is 29.8 Å². The number of hydrogen-bond acceptors (Lipinski definition) is 4. The van der Waals surface area contributed by atoms with E-state index in [1.54, 1.807) is 44.4 Å². The van der Waals surface area contributed by atoms with E-state index in [1.807, 2.05) is 0 Å². The zero-order chi connectivity index (χ0) is 12.7. The Morgan fingerprint density at radius 2 is 2.24 bits per heavy atom. The van der Waals surface area contributed by atoms with E-state index in [0.717, 1.165) is 0 Å². The molecule has 0 aliphatic rings. The summed E-state index contributed by atoms with van der Waals surface area (Å²) in [7, 11) is 1.55. The average molecular weight is 236 g/mol. The fraction of sp³-hybridized carbons (Fsp3) is 0.308.